The van der Waals surface area contributed by atoms with Crippen LogP contribution in [0.3, 0.4) is 0 Å². The first kappa shape index (κ1) is 14.8. The van der Waals surface area contributed by atoms with Crippen molar-refractivity contribution in [2.24, 2.45) is 4.99 Å². The Labute approximate surface area is 129 Å². The average Bonchev–Trinajstić information content (AvgIpc) is 2.41. The molecule has 2 rings (SSSR count). The zero-order valence-electron chi connectivity index (χ0n) is 9.89. The molecule has 4 nitrogen and oxygen atoms in total. The zero-order chi connectivity index (χ0) is 14.7. The average molecular weight is 330 g/mol. The Kier molecular flexibility index (Phi) is 4.60. The lowest BCUT2D eigenvalue weighted by Crippen LogP contribution is -1.91. The highest BCUT2D eigenvalue weighted by Gasteiger charge is 2.12. The Morgan fingerprint density at radius 1 is 1.10 bits per heavy atom. The Hall–Kier alpha value is -1.62. The number of hydrogen-bond donors (Lipinski definition) is 0. The van der Waals surface area contributed by atoms with Gasteiger partial charge in [0.2, 0.25) is 0 Å². The van der Waals surface area contributed by atoms with Crippen molar-refractivity contribution < 1.29 is 4.92 Å². The molecule has 0 amide bonds. The second-order valence-corrected chi connectivity index (χ2v) is 4.99. The molecule has 0 spiro atoms. The van der Waals surface area contributed by atoms with Crippen LogP contribution in [0.15, 0.2) is 41.4 Å². The van der Waals surface area contributed by atoms with E-state index in [1.807, 2.05) is 0 Å². The maximum absolute atomic E-state index is 10.8. The summed E-state index contributed by atoms with van der Waals surface area (Å²) in [4.78, 5) is 14.4. The fraction of sp³-hybridized carbons (Fsp3) is 0. The molecule has 0 atom stereocenters. The first-order chi connectivity index (χ1) is 9.49. The molecule has 2 aromatic carbocycles. The summed E-state index contributed by atoms with van der Waals surface area (Å²) < 4.78 is 0. The SMILES string of the molecule is O=[N+]([O-])c1cc(C=Nc2cccc(Cl)c2Cl)ccc1Cl. The van der Waals surface area contributed by atoms with Crippen molar-refractivity contribution in [3.05, 3.63) is 67.1 Å². The van der Waals surface area contributed by atoms with Crippen molar-refractivity contribution in [3.63, 3.8) is 0 Å². The Bertz CT molecular complexity index is 702. The minimum absolute atomic E-state index is 0.0768. The third-order valence-corrected chi connectivity index (χ3v) is 3.58. The summed E-state index contributed by atoms with van der Waals surface area (Å²) >= 11 is 17.6. The van der Waals surface area contributed by atoms with Crippen molar-refractivity contribution in [1.29, 1.82) is 0 Å². The van der Waals surface area contributed by atoms with Gasteiger partial charge < -0.3 is 0 Å². The summed E-state index contributed by atoms with van der Waals surface area (Å²) in [5.41, 5.74) is 0.849. The monoisotopic (exact) mass is 328 g/mol. The minimum Gasteiger partial charge on any atom is -0.258 e. The fourth-order valence-corrected chi connectivity index (χ4v) is 2.02. The van der Waals surface area contributed by atoms with Crippen molar-refractivity contribution in [2.45, 2.75) is 0 Å². The maximum atomic E-state index is 10.8. The summed E-state index contributed by atoms with van der Waals surface area (Å²) in [5, 5.41) is 11.6. The van der Waals surface area contributed by atoms with Crippen molar-refractivity contribution in [3.8, 4) is 0 Å². The molecule has 0 saturated carbocycles. The highest BCUT2D eigenvalue weighted by atomic mass is 35.5. The maximum Gasteiger partial charge on any atom is 0.288 e. The number of nitrogens with zero attached hydrogens (tertiary/aromatic N) is 2. The standard InChI is InChI=1S/C13H7Cl3N2O2/c14-9-5-4-8(6-12(9)18(19)20)7-17-11-3-1-2-10(15)13(11)16/h1-7H. The van der Waals surface area contributed by atoms with Crippen LogP contribution in [0.4, 0.5) is 11.4 Å². The van der Waals surface area contributed by atoms with E-state index in [-0.39, 0.29) is 10.7 Å². The van der Waals surface area contributed by atoms with Crippen LogP contribution < -0.4 is 0 Å². The first-order valence-electron chi connectivity index (χ1n) is 5.41. The molecule has 0 heterocycles. The lowest BCUT2D eigenvalue weighted by atomic mass is 10.2. The van der Waals surface area contributed by atoms with Crippen LogP contribution >= 0.6 is 34.8 Å². The van der Waals surface area contributed by atoms with Crippen LogP contribution in [0.25, 0.3) is 0 Å². The van der Waals surface area contributed by atoms with Gasteiger partial charge in [-0.3, -0.25) is 15.1 Å². The third-order valence-electron chi connectivity index (χ3n) is 2.45. The van der Waals surface area contributed by atoms with Gasteiger partial charge >= 0.3 is 0 Å². The number of hydrogen-bond acceptors (Lipinski definition) is 3. The highest BCUT2D eigenvalue weighted by molar-refractivity contribution is 6.43. The molecule has 0 unspecified atom stereocenters. The van der Waals surface area contributed by atoms with Crippen LogP contribution in [0.2, 0.25) is 15.1 Å². The molecule has 0 fully saturated rings. The quantitative estimate of drug-likeness (QED) is 0.435. The Morgan fingerprint density at radius 3 is 2.55 bits per heavy atom. The molecule has 0 aliphatic heterocycles. The van der Waals surface area contributed by atoms with Gasteiger partial charge in [0.25, 0.3) is 5.69 Å². The molecule has 0 bridgehead atoms. The molecule has 0 N–H and O–H groups in total. The molecule has 0 radical (unpaired) electrons. The number of nitro benzene ring substituents is 1. The summed E-state index contributed by atoms with van der Waals surface area (Å²) in [6, 6.07) is 9.46. The van der Waals surface area contributed by atoms with E-state index in [4.69, 9.17) is 34.8 Å². The van der Waals surface area contributed by atoms with E-state index in [0.29, 0.717) is 21.3 Å². The van der Waals surface area contributed by atoms with Gasteiger partial charge in [0, 0.05) is 12.3 Å². The minimum atomic E-state index is -0.550. The summed E-state index contributed by atoms with van der Waals surface area (Å²) in [7, 11) is 0. The lowest BCUT2D eigenvalue weighted by molar-refractivity contribution is -0.384. The number of aliphatic imine (C=N–C) groups is 1. The predicted molar refractivity (Wildman–Crippen MR) is 81.8 cm³/mol. The molecular formula is C13H7Cl3N2O2. The fourth-order valence-electron chi connectivity index (χ4n) is 1.49. The van der Waals surface area contributed by atoms with Crippen molar-refractivity contribution >= 4 is 52.4 Å². The molecule has 102 valence electrons. The van der Waals surface area contributed by atoms with Crippen LogP contribution in [0.1, 0.15) is 5.56 Å². The van der Waals surface area contributed by atoms with Crippen molar-refractivity contribution in [1.82, 2.24) is 0 Å². The zero-order valence-corrected chi connectivity index (χ0v) is 12.2. The van der Waals surface area contributed by atoms with Gasteiger partial charge in [-0.15, -0.1) is 0 Å². The summed E-state index contributed by atoms with van der Waals surface area (Å²) in [6.07, 6.45) is 1.46. The molecule has 2 aromatic rings. The molecule has 0 aromatic heterocycles. The van der Waals surface area contributed by atoms with E-state index in [9.17, 15) is 10.1 Å². The van der Waals surface area contributed by atoms with Crippen LogP contribution in [-0.2, 0) is 0 Å². The third kappa shape index (κ3) is 3.28. The van der Waals surface area contributed by atoms with E-state index < -0.39 is 4.92 Å². The highest BCUT2D eigenvalue weighted by Crippen LogP contribution is 2.31. The first-order valence-corrected chi connectivity index (χ1v) is 6.54. The Morgan fingerprint density at radius 2 is 1.85 bits per heavy atom. The van der Waals surface area contributed by atoms with Gasteiger partial charge in [-0.2, -0.15) is 0 Å². The molecular weight excluding hydrogens is 323 g/mol. The van der Waals surface area contributed by atoms with Crippen LogP contribution in [0.5, 0.6) is 0 Å². The van der Waals surface area contributed by atoms with E-state index in [2.05, 4.69) is 4.99 Å². The smallest absolute Gasteiger partial charge is 0.258 e. The van der Waals surface area contributed by atoms with Gasteiger partial charge in [0.15, 0.2) is 0 Å². The van der Waals surface area contributed by atoms with Gasteiger partial charge in [0.05, 0.1) is 20.7 Å². The van der Waals surface area contributed by atoms with E-state index in [1.165, 1.54) is 18.3 Å². The number of rotatable bonds is 3. The normalized spacial score (nSPS) is 10.9. The molecule has 0 aliphatic carbocycles. The summed E-state index contributed by atoms with van der Waals surface area (Å²) in [5.74, 6) is 0. The molecule has 7 heteroatoms. The van der Waals surface area contributed by atoms with E-state index >= 15 is 0 Å². The van der Waals surface area contributed by atoms with Crippen LogP contribution in [-0.4, -0.2) is 11.1 Å². The molecule has 20 heavy (non-hydrogen) atoms. The van der Waals surface area contributed by atoms with Crippen LogP contribution in [0, 0.1) is 10.1 Å². The van der Waals surface area contributed by atoms with Gasteiger partial charge in [-0.1, -0.05) is 46.9 Å². The Balaban J connectivity index is 2.34. The largest absolute Gasteiger partial charge is 0.288 e. The van der Waals surface area contributed by atoms with Gasteiger partial charge in [-0.05, 0) is 23.8 Å². The topological polar surface area (TPSA) is 55.5 Å². The lowest BCUT2D eigenvalue weighted by Gasteiger charge is -2.00. The van der Waals surface area contributed by atoms with E-state index in [1.54, 1.807) is 24.3 Å². The summed E-state index contributed by atoms with van der Waals surface area (Å²) in [6.45, 7) is 0. The number of benzene rings is 2. The predicted octanol–water partition coefficient (Wildman–Crippen LogP) is 5.31. The number of nitro groups is 1. The molecule has 0 aliphatic rings. The van der Waals surface area contributed by atoms with E-state index in [0.717, 1.165) is 0 Å². The van der Waals surface area contributed by atoms with Crippen molar-refractivity contribution in [2.75, 3.05) is 0 Å². The van der Waals surface area contributed by atoms with Gasteiger partial charge in [-0.25, -0.2) is 0 Å². The van der Waals surface area contributed by atoms with Gasteiger partial charge in [0.1, 0.15) is 5.02 Å². The number of halogens is 3. The molecule has 0 saturated heterocycles. The second-order valence-electron chi connectivity index (χ2n) is 3.80. The second kappa shape index (κ2) is 6.22.